The second-order valence-corrected chi connectivity index (χ2v) is 13.8. The molecule has 254 valence electrons. The van der Waals surface area contributed by atoms with Crippen LogP contribution in [0.2, 0.25) is 0 Å². The summed E-state index contributed by atoms with van der Waals surface area (Å²) in [4.78, 5) is 9.83. The van der Waals surface area contributed by atoms with Crippen molar-refractivity contribution in [3.63, 3.8) is 0 Å². The summed E-state index contributed by atoms with van der Waals surface area (Å²) in [5.74, 6) is -0.480. The van der Waals surface area contributed by atoms with Crippen LogP contribution in [0.1, 0.15) is 0 Å². The number of fused-ring (bicyclic) bond motifs is 9. The maximum atomic E-state index is 14.2. The number of hydrogen-bond acceptors (Lipinski definition) is 2. The van der Waals surface area contributed by atoms with Gasteiger partial charge in [0.1, 0.15) is 11.6 Å². The standard InChI is InChI=1S/C48H28F2N4/c49-35-15-21-45-41(25-35)39-5-1-3-7-43(39)53(45)37-17-11-29(12-18-37)33-23-31-9-10-32-24-34(28-52-48(32)47(31)51-27-33)30-13-19-38(20-14-30)54-44-8-4-2-6-40(44)42-26-36(50)16-22-46(42)54/h1-28H. The van der Waals surface area contributed by atoms with Crippen molar-refractivity contribution in [1.29, 1.82) is 0 Å². The highest BCUT2D eigenvalue weighted by molar-refractivity contribution is 6.10. The number of halogens is 2. The molecule has 0 aliphatic rings. The molecule has 0 fully saturated rings. The summed E-state index contributed by atoms with van der Waals surface area (Å²) in [5.41, 5.74) is 11.9. The molecule has 0 atom stereocenters. The number of rotatable bonds is 4. The molecular weight excluding hydrogens is 671 g/mol. The first-order valence-corrected chi connectivity index (χ1v) is 17.8. The van der Waals surface area contributed by atoms with E-state index in [0.717, 1.165) is 99.0 Å². The number of aromatic nitrogens is 4. The van der Waals surface area contributed by atoms with E-state index < -0.39 is 0 Å². The Morgan fingerprint density at radius 2 is 0.759 bits per heavy atom. The maximum absolute atomic E-state index is 14.2. The number of benzene rings is 7. The predicted molar refractivity (Wildman–Crippen MR) is 217 cm³/mol. The van der Waals surface area contributed by atoms with Crippen LogP contribution < -0.4 is 0 Å². The van der Waals surface area contributed by atoms with Crippen molar-refractivity contribution in [2.45, 2.75) is 0 Å². The lowest BCUT2D eigenvalue weighted by Gasteiger charge is -2.11. The molecule has 0 saturated carbocycles. The molecule has 0 unspecified atom stereocenters. The van der Waals surface area contributed by atoms with E-state index in [1.165, 1.54) is 12.1 Å². The first-order chi connectivity index (χ1) is 26.6. The smallest absolute Gasteiger partial charge is 0.123 e. The summed E-state index contributed by atoms with van der Waals surface area (Å²) in [6.07, 6.45) is 3.83. The number of para-hydroxylation sites is 2. The number of pyridine rings is 2. The summed E-state index contributed by atoms with van der Waals surface area (Å²) in [6.45, 7) is 0. The molecule has 0 radical (unpaired) electrons. The predicted octanol–water partition coefficient (Wildman–Crippen LogP) is 12.6. The largest absolute Gasteiger partial charge is 0.309 e. The highest BCUT2D eigenvalue weighted by atomic mass is 19.1. The fourth-order valence-corrected chi connectivity index (χ4v) is 8.16. The molecule has 0 spiro atoms. The Morgan fingerprint density at radius 3 is 1.20 bits per heavy atom. The minimum absolute atomic E-state index is 0.240. The van der Waals surface area contributed by atoms with Gasteiger partial charge in [-0.25, -0.2) is 8.78 Å². The van der Waals surface area contributed by atoms with Gasteiger partial charge in [0, 0.05) is 67.2 Å². The fourth-order valence-electron chi connectivity index (χ4n) is 8.16. The molecule has 6 heteroatoms. The lowest BCUT2D eigenvalue weighted by molar-refractivity contribution is 0.629. The third kappa shape index (κ3) is 4.67. The Balaban J connectivity index is 0.910. The molecule has 54 heavy (non-hydrogen) atoms. The molecule has 0 N–H and O–H groups in total. The molecule has 4 aromatic heterocycles. The van der Waals surface area contributed by atoms with E-state index in [2.05, 4.69) is 94.1 Å². The normalized spacial score (nSPS) is 11.9. The molecule has 0 aliphatic carbocycles. The molecule has 0 bridgehead atoms. The quantitative estimate of drug-likeness (QED) is 0.172. The average Bonchev–Trinajstić information content (AvgIpc) is 3.72. The molecule has 0 amide bonds. The Labute approximate surface area is 307 Å². The van der Waals surface area contributed by atoms with E-state index in [4.69, 9.17) is 9.97 Å². The summed E-state index contributed by atoms with van der Waals surface area (Å²) in [6, 6.07) is 51.6. The van der Waals surface area contributed by atoms with E-state index in [9.17, 15) is 8.78 Å². The van der Waals surface area contributed by atoms with E-state index >= 15 is 0 Å². The van der Waals surface area contributed by atoms with Crippen molar-refractivity contribution in [3.05, 3.63) is 182 Å². The van der Waals surface area contributed by atoms with Crippen LogP contribution in [-0.2, 0) is 0 Å². The Kier molecular flexibility index (Phi) is 6.58. The molecule has 0 saturated heterocycles. The van der Waals surface area contributed by atoms with Gasteiger partial charge in [0.15, 0.2) is 0 Å². The van der Waals surface area contributed by atoms with Crippen molar-refractivity contribution >= 4 is 65.4 Å². The molecule has 11 aromatic rings. The zero-order valence-corrected chi connectivity index (χ0v) is 28.7. The topological polar surface area (TPSA) is 35.6 Å². The van der Waals surface area contributed by atoms with Crippen LogP contribution in [0.3, 0.4) is 0 Å². The SMILES string of the molecule is Fc1ccc2c(c1)c1ccccc1n2-c1ccc(-c2cnc3c(ccc4cc(-c5ccc(-n6c7ccccc7c7cc(F)ccc76)cc5)cnc43)c2)cc1. The zero-order valence-electron chi connectivity index (χ0n) is 28.7. The average molecular weight is 699 g/mol. The molecule has 0 aliphatic heterocycles. The summed E-state index contributed by atoms with van der Waals surface area (Å²) < 4.78 is 32.8. The van der Waals surface area contributed by atoms with Crippen LogP contribution >= 0.6 is 0 Å². The lowest BCUT2D eigenvalue weighted by Crippen LogP contribution is -1.94. The van der Waals surface area contributed by atoms with Gasteiger partial charge < -0.3 is 9.13 Å². The maximum Gasteiger partial charge on any atom is 0.123 e. The monoisotopic (exact) mass is 698 g/mol. The van der Waals surface area contributed by atoms with Crippen LogP contribution in [0, 0.1) is 11.6 Å². The van der Waals surface area contributed by atoms with E-state index in [-0.39, 0.29) is 11.6 Å². The molecule has 7 aromatic carbocycles. The van der Waals surface area contributed by atoms with E-state index in [1.807, 2.05) is 60.9 Å². The van der Waals surface area contributed by atoms with Crippen molar-refractivity contribution in [2.24, 2.45) is 0 Å². The summed E-state index contributed by atoms with van der Waals surface area (Å²) in [7, 11) is 0. The van der Waals surface area contributed by atoms with Gasteiger partial charge in [-0.05, 0) is 96.1 Å². The second kappa shape index (κ2) is 11.7. The Hall–Kier alpha value is -7.18. The van der Waals surface area contributed by atoms with Gasteiger partial charge in [-0.15, -0.1) is 0 Å². The van der Waals surface area contributed by atoms with Gasteiger partial charge in [0.05, 0.1) is 33.1 Å². The fraction of sp³-hybridized carbons (Fsp3) is 0. The van der Waals surface area contributed by atoms with Crippen molar-refractivity contribution in [1.82, 2.24) is 19.1 Å². The Morgan fingerprint density at radius 1 is 0.352 bits per heavy atom. The lowest BCUT2D eigenvalue weighted by atomic mass is 10.0. The summed E-state index contributed by atoms with van der Waals surface area (Å²) >= 11 is 0. The van der Waals surface area contributed by atoms with Crippen molar-refractivity contribution < 1.29 is 8.78 Å². The minimum Gasteiger partial charge on any atom is -0.309 e. The second-order valence-electron chi connectivity index (χ2n) is 13.8. The first-order valence-electron chi connectivity index (χ1n) is 17.8. The molecule has 4 nitrogen and oxygen atoms in total. The molecule has 4 heterocycles. The minimum atomic E-state index is -0.240. The molecule has 11 rings (SSSR count). The zero-order chi connectivity index (χ0) is 35.9. The van der Waals surface area contributed by atoms with Gasteiger partial charge in [0.25, 0.3) is 0 Å². The molecular formula is C48H28F2N4. The van der Waals surface area contributed by atoms with Gasteiger partial charge in [-0.1, -0.05) is 72.8 Å². The van der Waals surface area contributed by atoms with E-state index in [0.29, 0.717) is 0 Å². The van der Waals surface area contributed by atoms with Gasteiger partial charge in [-0.3, -0.25) is 9.97 Å². The van der Waals surface area contributed by atoms with Crippen LogP contribution in [0.15, 0.2) is 170 Å². The first kappa shape index (κ1) is 30.4. The van der Waals surface area contributed by atoms with Crippen LogP contribution in [0.5, 0.6) is 0 Å². The van der Waals surface area contributed by atoms with Gasteiger partial charge >= 0.3 is 0 Å². The highest BCUT2D eigenvalue weighted by Crippen LogP contribution is 2.36. The number of nitrogens with zero attached hydrogens (tertiary/aromatic N) is 4. The summed E-state index contributed by atoms with van der Waals surface area (Å²) in [5, 5.41) is 5.88. The van der Waals surface area contributed by atoms with E-state index in [1.54, 1.807) is 12.1 Å². The Bertz CT molecular complexity index is 3060. The van der Waals surface area contributed by atoms with Crippen molar-refractivity contribution in [2.75, 3.05) is 0 Å². The van der Waals surface area contributed by atoms with Gasteiger partial charge in [0.2, 0.25) is 0 Å². The third-order valence-electron chi connectivity index (χ3n) is 10.7. The number of hydrogen-bond donors (Lipinski definition) is 0. The third-order valence-corrected chi connectivity index (χ3v) is 10.7. The van der Waals surface area contributed by atoms with Crippen LogP contribution in [0.25, 0.3) is 99.0 Å². The van der Waals surface area contributed by atoms with Crippen molar-refractivity contribution in [3.8, 4) is 33.6 Å². The van der Waals surface area contributed by atoms with Gasteiger partial charge in [-0.2, -0.15) is 0 Å². The van der Waals surface area contributed by atoms with Crippen LogP contribution in [0.4, 0.5) is 8.78 Å². The van der Waals surface area contributed by atoms with Crippen LogP contribution in [-0.4, -0.2) is 19.1 Å². The highest BCUT2D eigenvalue weighted by Gasteiger charge is 2.15.